The van der Waals surface area contributed by atoms with Gasteiger partial charge in [0, 0.05) is 50.5 Å². The van der Waals surface area contributed by atoms with Crippen molar-refractivity contribution in [2.75, 3.05) is 4.90 Å². The Bertz CT molecular complexity index is 3220. The lowest BCUT2D eigenvalue weighted by atomic mass is 9.86. The molecule has 7 aromatic carbocycles. The highest BCUT2D eigenvalue weighted by Crippen LogP contribution is 2.49. The van der Waals surface area contributed by atoms with Gasteiger partial charge in [0.2, 0.25) is 0 Å². The number of benzene rings is 7. The number of para-hydroxylation sites is 3. The van der Waals surface area contributed by atoms with Crippen LogP contribution in [0.15, 0.2) is 224 Å². The molecule has 3 aliphatic rings. The maximum absolute atomic E-state index is 5.07. The Labute approximate surface area is 361 Å². The zero-order chi connectivity index (χ0) is 41.0. The molecule has 62 heavy (non-hydrogen) atoms. The lowest BCUT2D eigenvalue weighted by Gasteiger charge is -2.33. The first-order chi connectivity index (χ1) is 30.7. The summed E-state index contributed by atoms with van der Waals surface area (Å²) in [5.74, 6) is 1.01. The molecule has 2 unspecified atom stereocenters. The van der Waals surface area contributed by atoms with Gasteiger partial charge < -0.3 is 9.47 Å². The van der Waals surface area contributed by atoms with Crippen molar-refractivity contribution < 1.29 is 0 Å². The van der Waals surface area contributed by atoms with Gasteiger partial charge in [-0.1, -0.05) is 176 Å². The summed E-state index contributed by atoms with van der Waals surface area (Å²) in [5.41, 5.74) is 17.8. The van der Waals surface area contributed by atoms with Crippen molar-refractivity contribution in [1.82, 2.24) is 14.5 Å². The van der Waals surface area contributed by atoms with Crippen molar-refractivity contribution in [3.8, 4) is 39.6 Å². The summed E-state index contributed by atoms with van der Waals surface area (Å²) >= 11 is 0. The van der Waals surface area contributed by atoms with Crippen LogP contribution in [0.2, 0.25) is 0 Å². The van der Waals surface area contributed by atoms with Gasteiger partial charge >= 0.3 is 0 Å². The van der Waals surface area contributed by atoms with Crippen LogP contribution < -0.4 is 4.90 Å². The highest BCUT2D eigenvalue weighted by atomic mass is 15.2. The van der Waals surface area contributed by atoms with E-state index < -0.39 is 0 Å². The van der Waals surface area contributed by atoms with Crippen molar-refractivity contribution in [3.05, 3.63) is 241 Å². The number of nitrogens with zero attached hydrogens (tertiary/aromatic N) is 4. The van der Waals surface area contributed by atoms with Crippen LogP contribution >= 0.6 is 0 Å². The van der Waals surface area contributed by atoms with Crippen molar-refractivity contribution in [1.29, 1.82) is 0 Å². The molecule has 0 fully saturated rings. The van der Waals surface area contributed by atoms with Gasteiger partial charge in [-0.3, -0.25) is 0 Å². The average Bonchev–Trinajstić information content (AvgIpc) is 3.87. The second kappa shape index (κ2) is 15.0. The molecule has 2 atom stereocenters. The molecule has 4 nitrogen and oxygen atoms in total. The standard InChI is InChI=1S/C58H42N4/c1-4-14-41(15-5-1)52-38-53(42-16-6-2-7-17-42)60-58(59-52)43-26-24-39(25-27-43)44-30-34-51-49-21-11-13-23-55(49)62(57(51)36-44)47-32-28-40(29-33-47)45-31-35-50-48-20-10-12-22-54(48)61(56(50)37-45)46-18-8-3-9-19-46/h1-28,30-32,34-38,51,57H,29,33H2. The van der Waals surface area contributed by atoms with Gasteiger partial charge in [-0.25, -0.2) is 9.97 Å². The molecule has 0 radical (unpaired) electrons. The molecule has 3 heterocycles. The predicted molar refractivity (Wildman–Crippen MR) is 257 cm³/mol. The fourth-order valence-electron chi connectivity index (χ4n) is 9.87. The highest BCUT2D eigenvalue weighted by Gasteiger charge is 2.39. The van der Waals surface area contributed by atoms with E-state index in [4.69, 9.17) is 9.97 Å². The smallest absolute Gasteiger partial charge is 0.160 e. The summed E-state index contributed by atoms with van der Waals surface area (Å²) in [6, 6.07) is 67.3. The molecule has 0 bridgehead atoms. The van der Waals surface area contributed by atoms with Gasteiger partial charge in [0.05, 0.1) is 28.5 Å². The molecular formula is C58H42N4. The number of fused-ring (bicyclic) bond motifs is 6. The number of aromatic nitrogens is 3. The molecule has 2 aliphatic carbocycles. The third kappa shape index (κ3) is 6.22. The third-order valence-electron chi connectivity index (χ3n) is 12.9. The maximum Gasteiger partial charge on any atom is 0.160 e. The van der Waals surface area contributed by atoms with Crippen LogP contribution in [0.25, 0.3) is 72.5 Å². The Morgan fingerprint density at radius 3 is 1.84 bits per heavy atom. The van der Waals surface area contributed by atoms with Gasteiger partial charge in [0.1, 0.15) is 0 Å². The molecule has 294 valence electrons. The highest BCUT2D eigenvalue weighted by molar-refractivity contribution is 6.10. The minimum absolute atomic E-state index is 0.186. The molecule has 1 aliphatic heterocycles. The van der Waals surface area contributed by atoms with Crippen molar-refractivity contribution in [3.63, 3.8) is 0 Å². The van der Waals surface area contributed by atoms with Crippen molar-refractivity contribution in [2.45, 2.75) is 24.8 Å². The zero-order valence-corrected chi connectivity index (χ0v) is 34.1. The Morgan fingerprint density at radius 1 is 0.484 bits per heavy atom. The third-order valence-corrected chi connectivity index (χ3v) is 12.9. The number of anilines is 1. The molecule has 9 aromatic rings. The summed E-state index contributed by atoms with van der Waals surface area (Å²) in [7, 11) is 0. The Kier molecular flexibility index (Phi) is 8.74. The fraction of sp³-hybridized carbons (Fsp3) is 0.0690. The van der Waals surface area contributed by atoms with Crippen LogP contribution in [-0.4, -0.2) is 20.6 Å². The molecule has 0 spiro atoms. The summed E-state index contributed by atoms with van der Waals surface area (Å²) in [6.07, 6.45) is 13.9. The van der Waals surface area contributed by atoms with Crippen LogP contribution in [0.3, 0.4) is 0 Å². The first kappa shape index (κ1) is 36.1. The Hall–Kier alpha value is -7.82. The quantitative estimate of drug-likeness (QED) is 0.161. The van der Waals surface area contributed by atoms with E-state index in [2.05, 4.69) is 216 Å². The van der Waals surface area contributed by atoms with E-state index in [-0.39, 0.29) is 12.0 Å². The van der Waals surface area contributed by atoms with E-state index in [1.54, 1.807) is 0 Å². The minimum atomic E-state index is 0.186. The largest absolute Gasteiger partial charge is 0.337 e. The minimum Gasteiger partial charge on any atom is -0.337 e. The molecule has 0 amide bonds. The Morgan fingerprint density at radius 2 is 1.11 bits per heavy atom. The first-order valence-electron chi connectivity index (χ1n) is 21.6. The first-order valence-corrected chi connectivity index (χ1v) is 21.6. The molecule has 0 N–H and O–H groups in total. The van der Waals surface area contributed by atoms with Crippen LogP contribution in [0.5, 0.6) is 0 Å². The van der Waals surface area contributed by atoms with Gasteiger partial charge in [0.25, 0.3) is 0 Å². The van der Waals surface area contributed by atoms with Gasteiger partial charge in [-0.2, -0.15) is 0 Å². The summed E-state index contributed by atoms with van der Waals surface area (Å²) in [5, 5.41) is 2.57. The van der Waals surface area contributed by atoms with Crippen LogP contribution in [0.4, 0.5) is 5.69 Å². The normalized spacial score (nSPS) is 16.8. The maximum atomic E-state index is 5.07. The number of rotatable bonds is 7. The van der Waals surface area contributed by atoms with E-state index in [0.717, 1.165) is 46.7 Å². The van der Waals surface area contributed by atoms with Crippen molar-refractivity contribution in [2.24, 2.45) is 0 Å². The summed E-state index contributed by atoms with van der Waals surface area (Å²) < 4.78 is 2.41. The summed E-state index contributed by atoms with van der Waals surface area (Å²) in [4.78, 5) is 12.8. The topological polar surface area (TPSA) is 34.0 Å². The van der Waals surface area contributed by atoms with E-state index in [1.807, 2.05) is 12.1 Å². The van der Waals surface area contributed by atoms with E-state index in [9.17, 15) is 0 Å². The Balaban J connectivity index is 0.869. The number of allylic oxidation sites excluding steroid dienone is 6. The number of hydrogen-bond acceptors (Lipinski definition) is 3. The number of hydrogen-bond donors (Lipinski definition) is 0. The lowest BCUT2D eigenvalue weighted by Crippen LogP contribution is -2.33. The van der Waals surface area contributed by atoms with Crippen LogP contribution in [0.1, 0.15) is 35.4 Å². The van der Waals surface area contributed by atoms with Gasteiger partial charge in [-0.05, 0) is 83.2 Å². The van der Waals surface area contributed by atoms with Crippen LogP contribution in [-0.2, 0) is 0 Å². The monoisotopic (exact) mass is 794 g/mol. The SMILES string of the molecule is C1=CC2c3ccccc3N(C3=CC=C(c4ccc5c6ccccc6n(-c6ccccc6)c5c4)CC3)C2C=C1c1ccc(-c2nc(-c3ccccc3)cc(-c3ccccc3)n2)cc1. The van der Waals surface area contributed by atoms with Crippen LogP contribution in [0, 0.1) is 0 Å². The zero-order valence-electron chi connectivity index (χ0n) is 34.1. The molecule has 2 aromatic heterocycles. The second-order valence-corrected chi connectivity index (χ2v) is 16.5. The average molecular weight is 795 g/mol. The van der Waals surface area contributed by atoms with Gasteiger partial charge in [-0.15, -0.1) is 0 Å². The summed E-state index contributed by atoms with van der Waals surface area (Å²) in [6.45, 7) is 0. The van der Waals surface area contributed by atoms with Crippen molar-refractivity contribution >= 4 is 38.6 Å². The molecule has 0 saturated carbocycles. The van der Waals surface area contributed by atoms with E-state index in [0.29, 0.717) is 0 Å². The van der Waals surface area contributed by atoms with Gasteiger partial charge in [0.15, 0.2) is 5.82 Å². The predicted octanol–water partition coefficient (Wildman–Crippen LogP) is 14.3. The van der Waals surface area contributed by atoms with E-state index >= 15 is 0 Å². The molecule has 4 heteroatoms. The molecule has 12 rings (SSSR count). The lowest BCUT2D eigenvalue weighted by molar-refractivity contribution is 0.705. The molecular weight excluding hydrogens is 753 g/mol. The molecule has 0 saturated heterocycles. The van der Waals surface area contributed by atoms with E-state index in [1.165, 1.54) is 66.7 Å². The second-order valence-electron chi connectivity index (χ2n) is 16.5. The fourth-order valence-corrected chi connectivity index (χ4v) is 9.87.